The van der Waals surface area contributed by atoms with E-state index < -0.39 is 0 Å². The minimum Gasteiger partial charge on any atom is -0.310 e. The highest BCUT2D eigenvalue weighted by atomic mass is 35.5. The Bertz CT molecular complexity index is 769. The largest absolute Gasteiger partial charge is 0.310 e. The van der Waals surface area contributed by atoms with E-state index in [2.05, 4.69) is 0 Å². The monoisotopic (exact) mass is 354 g/mol. The fourth-order valence-corrected chi connectivity index (χ4v) is 4.37. The van der Waals surface area contributed by atoms with Gasteiger partial charge in [-0.05, 0) is 25.1 Å². The summed E-state index contributed by atoms with van der Waals surface area (Å²) in [6.45, 7) is 2.98. The summed E-state index contributed by atoms with van der Waals surface area (Å²) in [7, 11) is 0. The molecule has 1 aliphatic rings. The standard InChI is InChI=1S/C15H15ClN2O2S2/c1-10-9-22-15(20)17(10)5-4-14(19)18-6-7-21-13-3-2-11(16)8-12(13)18/h2-3,8-9H,4-7H2,1H3. The number of thioether (sulfide) groups is 1. The molecule has 4 nitrogen and oxygen atoms in total. The summed E-state index contributed by atoms with van der Waals surface area (Å²) in [5.41, 5.74) is 1.78. The molecule has 0 spiro atoms. The number of fused-ring (bicyclic) bond motifs is 1. The molecule has 1 amide bonds. The van der Waals surface area contributed by atoms with E-state index >= 15 is 0 Å². The number of rotatable bonds is 3. The van der Waals surface area contributed by atoms with Crippen LogP contribution < -0.4 is 9.77 Å². The van der Waals surface area contributed by atoms with Gasteiger partial charge in [0.05, 0.1) is 5.69 Å². The molecule has 0 saturated carbocycles. The maximum absolute atomic E-state index is 12.6. The summed E-state index contributed by atoms with van der Waals surface area (Å²) in [4.78, 5) is 27.1. The Balaban J connectivity index is 1.77. The second-order valence-electron chi connectivity index (χ2n) is 5.05. The normalized spacial score (nSPS) is 14.0. The highest BCUT2D eigenvalue weighted by molar-refractivity contribution is 7.99. The van der Waals surface area contributed by atoms with E-state index in [-0.39, 0.29) is 10.8 Å². The fraction of sp³-hybridized carbons (Fsp3) is 0.333. The van der Waals surface area contributed by atoms with Gasteiger partial charge < -0.3 is 9.47 Å². The number of carbonyl (C=O) groups excluding carboxylic acids is 1. The van der Waals surface area contributed by atoms with E-state index in [9.17, 15) is 9.59 Å². The zero-order valence-electron chi connectivity index (χ0n) is 12.0. The lowest BCUT2D eigenvalue weighted by Crippen LogP contribution is -2.36. The van der Waals surface area contributed by atoms with Crippen molar-refractivity contribution in [2.45, 2.75) is 24.8 Å². The van der Waals surface area contributed by atoms with Crippen molar-refractivity contribution in [3.05, 3.63) is 44.0 Å². The van der Waals surface area contributed by atoms with Crippen LogP contribution in [0.1, 0.15) is 12.1 Å². The van der Waals surface area contributed by atoms with E-state index in [0.717, 1.165) is 22.0 Å². The van der Waals surface area contributed by atoms with E-state index in [0.29, 0.717) is 24.5 Å². The van der Waals surface area contributed by atoms with Crippen LogP contribution in [0.5, 0.6) is 0 Å². The predicted octanol–water partition coefficient (Wildman–Crippen LogP) is 3.40. The number of carbonyl (C=O) groups is 1. The quantitative estimate of drug-likeness (QED) is 0.848. The van der Waals surface area contributed by atoms with E-state index in [1.165, 1.54) is 11.3 Å². The van der Waals surface area contributed by atoms with Crippen molar-refractivity contribution >= 4 is 46.3 Å². The number of aryl methyl sites for hydroxylation is 1. The third-order valence-electron chi connectivity index (χ3n) is 3.61. The zero-order valence-corrected chi connectivity index (χ0v) is 14.4. The summed E-state index contributed by atoms with van der Waals surface area (Å²) < 4.78 is 1.65. The number of nitrogens with zero attached hydrogens (tertiary/aromatic N) is 2. The molecular weight excluding hydrogens is 340 g/mol. The van der Waals surface area contributed by atoms with Gasteiger partial charge in [-0.15, -0.1) is 11.8 Å². The summed E-state index contributed by atoms with van der Waals surface area (Å²) in [6.07, 6.45) is 0.314. The topological polar surface area (TPSA) is 42.3 Å². The van der Waals surface area contributed by atoms with Gasteiger partial charge >= 0.3 is 4.87 Å². The molecule has 0 N–H and O–H groups in total. The third-order valence-corrected chi connectivity index (χ3v) is 5.77. The molecule has 0 radical (unpaired) electrons. The minimum atomic E-state index is -0.0112. The molecule has 3 rings (SSSR count). The first-order valence-corrected chi connectivity index (χ1v) is 9.18. The lowest BCUT2D eigenvalue weighted by Gasteiger charge is -2.29. The lowest BCUT2D eigenvalue weighted by molar-refractivity contribution is -0.118. The third kappa shape index (κ3) is 3.09. The van der Waals surface area contributed by atoms with Crippen LogP contribution in [0, 0.1) is 6.92 Å². The van der Waals surface area contributed by atoms with Crippen molar-refractivity contribution < 1.29 is 4.79 Å². The molecule has 1 aromatic carbocycles. The maximum atomic E-state index is 12.6. The second-order valence-corrected chi connectivity index (χ2v) is 7.44. The Morgan fingerprint density at radius 2 is 2.23 bits per heavy atom. The number of anilines is 1. The Kier molecular flexibility index (Phi) is 4.61. The second kappa shape index (κ2) is 6.48. The number of halogens is 1. The van der Waals surface area contributed by atoms with Gasteiger partial charge in [-0.25, -0.2) is 0 Å². The van der Waals surface area contributed by atoms with Crippen molar-refractivity contribution in [3.8, 4) is 0 Å². The molecule has 2 heterocycles. The van der Waals surface area contributed by atoms with Gasteiger partial charge in [0.25, 0.3) is 0 Å². The fourth-order valence-electron chi connectivity index (χ4n) is 2.47. The van der Waals surface area contributed by atoms with Crippen LogP contribution >= 0.6 is 34.7 Å². The van der Waals surface area contributed by atoms with Crippen LogP contribution in [0.25, 0.3) is 0 Å². The molecule has 0 bridgehead atoms. The van der Waals surface area contributed by atoms with Crippen LogP contribution in [0.15, 0.2) is 33.3 Å². The summed E-state index contributed by atoms with van der Waals surface area (Å²) in [5.74, 6) is 0.902. The SMILES string of the molecule is Cc1csc(=O)n1CCC(=O)N1CCSc2ccc(Cl)cc21. The van der Waals surface area contributed by atoms with Gasteiger partial charge in [-0.1, -0.05) is 22.9 Å². The molecule has 1 aromatic heterocycles. The first-order valence-electron chi connectivity index (χ1n) is 6.94. The van der Waals surface area contributed by atoms with Crippen LogP contribution in [-0.4, -0.2) is 22.8 Å². The number of benzene rings is 1. The minimum absolute atomic E-state index is 0.0112. The van der Waals surface area contributed by atoms with Gasteiger partial charge in [0.1, 0.15) is 0 Å². The smallest absolute Gasteiger partial charge is 0.307 e. The first kappa shape index (κ1) is 15.6. The molecule has 0 saturated heterocycles. The average Bonchev–Trinajstić information content (AvgIpc) is 2.83. The van der Waals surface area contributed by atoms with Gasteiger partial charge in [0.2, 0.25) is 5.91 Å². The van der Waals surface area contributed by atoms with Crippen LogP contribution in [-0.2, 0) is 11.3 Å². The van der Waals surface area contributed by atoms with Crippen molar-refractivity contribution in [1.29, 1.82) is 0 Å². The zero-order chi connectivity index (χ0) is 15.7. The van der Waals surface area contributed by atoms with Gasteiger partial charge in [-0.3, -0.25) is 9.59 Å². The molecule has 0 aliphatic carbocycles. The molecule has 0 fully saturated rings. The number of thiazole rings is 1. The predicted molar refractivity (Wildman–Crippen MR) is 92.5 cm³/mol. The Morgan fingerprint density at radius 1 is 1.41 bits per heavy atom. The highest BCUT2D eigenvalue weighted by Gasteiger charge is 2.23. The molecule has 116 valence electrons. The number of hydrogen-bond donors (Lipinski definition) is 0. The maximum Gasteiger partial charge on any atom is 0.307 e. The van der Waals surface area contributed by atoms with Crippen molar-refractivity contribution in [2.75, 3.05) is 17.2 Å². The van der Waals surface area contributed by atoms with E-state index in [4.69, 9.17) is 11.6 Å². The van der Waals surface area contributed by atoms with Gasteiger partial charge in [-0.2, -0.15) is 0 Å². The molecule has 2 aromatic rings. The molecule has 7 heteroatoms. The van der Waals surface area contributed by atoms with Crippen LogP contribution in [0.3, 0.4) is 0 Å². The van der Waals surface area contributed by atoms with Gasteiger partial charge in [0.15, 0.2) is 0 Å². The molecule has 0 atom stereocenters. The summed E-state index contributed by atoms with van der Waals surface area (Å²) in [6, 6.07) is 5.63. The number of amides is 1. The Morgan fingerprint density at radius 3 is 2.95 bits per heavy atom. The number of aromatic nitrogens is 1. The summed E-state index contributed by atoms with van der Waals surface area (Å²) >= 11 is 8.96. The van der Waals surface area contributed by atoms with Crippen molar-refractivity contribution in [1.82, 2.24) is 4.57 Å². The van der Waals surface area contributed by atoms with Crippen molar-refractivity contribution in [3.63, 3.8) is 0 Å². The van der Waals surface area contributed by atoms with Gasteiger partial charge in [0, 0.05) is 46.3 Å². The van der Waals surface area contributed by atoms with Crippen molar-refractivity contribution in [2.24, 2.45) is 0 Å². The first-order chi connectivity index (χ1) is 10.6. The number of hydrogen-bond acceptors (Lipinski definition) is 4. The molecule has 1 aliphatic heterocycles. The van der Waals surface area contributed by atoms with Crippen LogP contribution in [0.2, 0.25) is 5.02 Å². The van der Waals surface area contributed by atoms with E-state index in [1.807, 2.05) is 30.5 Å². The molecular formula is C15H15ClN2O2S2. The lowest BCUT2D eigenvalue weighted by atomic mass is 10.2. The average molecular weight is 355 g/mol. The highest BCUT2D eigenvalue weighted by Crippen LogP contribution is 2.36. The molecule has 22 heavy (non-hydrogen) atoms. The Labute approximate surface area is 141 Å². The van der Waals surface area contributed by atoms with E-state index in [1.54, 1.807) is 21.2 Å². The summed E-state index contributed by atoms with van der Waals surface area (Å²) in [5, 5.41) is 2.45. The molecule has 0 unspecified atom stereocenters. The van der Waals surface area contributed by atoms with Crippen LogP contribution in [0.4, 0.5) is 5.69 Å². The Hall–Kier alpha value is -1.24.